The van der Waals surface area contributed by atoms with Crippen molar-refractivity contribution in [2.75, 3.05) is 6.54 Å². The minimum atomic E-state index is -0.438. The molecule has 1 fully saturated rings. The SMILES string of the molecule is CC(C)N1C[C@@H](C(=O)NC(C)(C)c2ccccc2)CC1=O. The van der Waals surface area contributed by atoms with E-state index in [2.05, 4.69) is 5.32 Å². The second kappa shape index (κ2) is 5.88. The highest BCUT2D eigenvalue weighted by molar-refractivity contribution is 5.89. The lowest BCUT2D eigenvalue weighted by Gasteiger charge is -2.28. The lowest BCUT2D eigenvalue weighted by Crippen LogP contribution is -2.44. The van der Waals surface area contributed by atoms with Crippen LogP contribution in [0.5, 0.6) is 0 Å². The Hall–Kier alpha value is -1.84. The molecular formula is C17H24N2O2. The fraction of sp³-hybridized carbons (Fsp3) is 0.529. The first-order chi connectivity index (χ1) is 9.81. The monoisotopic (exact) mass is 288 g/mol. The van der Waals surface area contributed by atoms with Crippen LogP contribution in [-0.4, -0.2) is 29.3 Å². The van der Waals surface area contributed by atoms with Crippen molar-refractivity contribution in [3.63, 3.8) is 0 Å². The standard InChI is InChI=1S/C17H24N2O2/c1-12(2)19-11-13(10-15(19)20)16(21)18-17(3,4)14-8-6-5-7-9-14/h5-9,12-13H,10-11H2,1-4H3,(H,18,21)/t13-/m0/s1. The van der Waals surface area contributed by atoms with E-state index >= 15 is 0 Å². The zero-order valence-corrected chi connectivity index (χ0v) is 13.2. The number of carbonyl (C=O) groups is 2. The van der Waals surface area contributed by atoms with Gasteiger partial charge in [0.05, 0.1) is 11.5 Å². The number of nitrogens with one attached hydrogen (secondary N) is 1. The number of hydrogen-bond donors (Lipinski definition) is 1. The van der Waals surface area contributed by atoms with Crippen LogP contribution < -0.4 is 5.32 Å². The summed E-state index contributed by atoms with van der Waals surface area (Å²) in [4.78, 5) is 26.1. The molecule has 0 saturated carbocycles. The van der Waals surface area contributed by atoms with E-state index in [0.29, 0.717) is 13.0 Å². The number of benzene rings is 1. The quantitative estimate of drug-likeness (QED) is 0.924. The van der Waals surface area contributed by atoms with Gasteiger partial charge in [-0.15, -0.1) is 0 Å². The minimum absolute atomic E-state index is 0.0413. The normalized spacial score (nSPS) is 19.2. The molecule has 2 rings (SSSR count). The molecular weight excluding hydrogens is 264 g/mol. The van der Waals surface area contributed by atoms with Crippen LogP contribution in [0.4, 0.5) is 0 Å². The number of amides is 2. The third-order valence-electron chi connectivity index (χ3n) is 4.08. The van der Waals surface area contributed by atoms with Gasteiger partial charge in [0.25, 0.3) is 0 Å². The second-order valence-electron chi connectivity index (χ2n) is 6.52. The molecule has 0 aromatic heterocycles. The van der Waals surface area contributed by atoms with Crippen molar-refractivity contribution in [2.45, 2.75) is 45.7 Å². The molecule has 1 aliphatic rings. The summed E-state index contributed by atoms with van der Waals surface area (Å²) in [7, 11) is 0. The zero-order valence-electron chi connectivity index (χ0n) is 13.2. The van der Waals surface area contributed by atoms with Crippen LogP contribution in [0.15, 0.2) is 30.3 Å². The molecule has 1 atom stereocenters. The highest BCUT2D eigenvalue weighted by atomic mass is 16.2. The third-order valence-corrected chi connectivity index (χ3v) is 4.08. The second-order valence-corrected chi connectivity index (χ2v) is 6.52. The fourth-order valence-electron chi connectivity index (χ4n) is 2.74. The van der Waals surface area contributed by atoms with E-state index in [-0.39, 0.29) is 23.8 Å². The summed E-state index contributed by atoms with van der Waals surface area (Å²) in [5.74, 6) is -0.217. The Balaban J connectivity index is 2.04. The Morgan fingerprint density at radius 3 is 2.43 bits per heavy atom. The highest BCUT2D eigenvalue weighted by Gasteiger charge is 2.37. The molecule has 2 amide bonds. The highest BCUT2D eigenvalue weighted by Crippen LogP contribution is 2.24. The number of likely N-dealkylation sites (tertiary alicyclic amines) is 1. The Bertz CT molecular complexity index is 523. The van der Waals surface area contributed by atoms with Gasteiger partial charge >= 0.3 is 0 Å². The topological polar surface area (TPSA) is 49.4 Å². The van der Waals surface area contributed by atoms with Gasteiger partial charge in [-0.05, 0) is 33.3 Å². The number of carbonyl (C=O) groups excluding carboxylic acids is 2. The van der Waals surface area contributed by atoms with Gasteiger partial charge in [-0.1, -0.05) is 30.3 Å². The largest absolute Gasteiger partial charge is 0.347 e. The summed E-state index contributed by atoms with van der Waals surface area (Å²) in [5.41, 5.74) is 0.621. The van der Waals surface area contributed by atoms with E-state index in [1.807, 2.05) is 58.0 Å². The molecule has 0 spiro atoms. The zero-order chi connectivity index (χ0) is 15.6. The summed E-state index contributed by atoms with van der Waals surface area (Å²) < 4.78 is 0. The Labute approximate surface area is 126 Å². The maximum atomic E-state index is 12.5. The maximum Gasteiger partial charge on any atom is 0.226 e. The minimum Gasteiger partial charge on any atom is -0.347 e. The van der Waals surface area contributed by atoms with Crippen molar-refractivity contribution >= 4 is 11.8 Å². The fourth-order valence-corrected chi connectivity index (χ4v) is 2.74. The average Bonchev–Trinajstić information content (AvgIpc) is 2.82. The molecule has 0 bridgehead atoms. The first-order valence-corrected chi connectivity index (χ1v) is 7.48. The summed E-state index contributed by atoms with van der Waals surface area (Å²) >= 11 is 0. The molecule has 0 unspecified atom stereocenters. The number of rotatable bonds is 4. The number of hydrogen-bond acceptors (Lipinski definition) is 2. The van der Waals surface area contributed by atoms with Crippen molar-refractivity contribution in [3.05, 3.63) is 35.9 Å². The van der Waals surface area contributed by atoms with Crippen molar-refractivity contribution in [3.8, 4) is 0 Å². The van der Waals surface area contributed by atoms with Gasteiger partial charge in [0.15, 0.2) is 0 Å². The molecule has 114 valence electrons. The average molecular weight is 288 g/mol. The summed E-state index contributed by atoms with van der Waals surface area (Å²) in [6.45, 7) is 8.44. The van der Waals surface area contributed by atoms with Gasteiger partial charge in [0, 0.05) is 19.0 Å². The first kappa shape index (κ1) is 15.5. The van der Waals surface area contributed by atoms with Gasteiger partial charge in [-0.25, -0.2) is 0 Å². The molecule has 1 aliphatic heterocycles. The molecule has 1 aromatic rings. The Morgan fingerprint density at radius 2 is 1.90 bits per heavy atom. The molecule has 21 heavy (non-hydrogen) atoms. The smallest absolute Gasteiger partial charge is 0.226 e. The Morgan fingerprint density at radius 1 is 1.29 bits per heavy atom. The number of nitrogens with zero attached hydrogens (tertiary/aromatic N) is 1. The van der Waals surface area contributed by atoms with Crippen molar-refractivity contribution in [1.29, 1.82) is 0 Å². The van der Waals surface area contributed by atoms with Gasteiger partial charge in [-0.2, -0.15) is 0 Å². The van der Waals surface area contributed by atoms with Crippen LogP contribution in [0.2, 0.25) is 0 Å². The molecule has 4 heteroatoms. The van der Waals surface area contributed by atoms with Crippen LogP contribution in [0.25, 0.3) is 0 Å². The molecule has 1 saturated heterocycles. The van der Waals surface area contributed by atoms with Gasteiger partial charge < -0.3 is 10.2 Å². The molecule has 1 heterocycles. The van der Waals surface area contributed by atoms with E-state index in [0.717, 1.165) is 5.56 Å². The van der Waals surface area contributed by atoms with Crippen LogP contribution >= 0.6 is 0 Å². The van der Waals surface area contributed by atoms with E-state index in [1.165, 1.54) is 0 Å². The van der Waals surface area contributed by atoms with Crippen molar-refractivity contribution in [2.24, 2.45) is 5.92 Å². The summed E-state index contributed by atoms with van der Waals surface area (Å²) in [6.07, 6.45) is 0.314. The maximum absolute atomic E-state index is 12.5. The van der Waals surface area contributed by atoms with E-state index in [4.69, 9.17) is 0 Å². The van der Waals surface area contributed by atoms with Crippen molar-refractivity contribution in [1.82, 2.24) is 10.2 Å². The Kier molecular flexibility index (Phi) is 4.35. The molecule has 0 aliphatic carbocycles. The van der Waals surface area contributed by atoms with E-state index < -0.39 is 5.54 Å². The van der Waals surface area contributed by atoms with Gasteiger partial charge in [-0.3, -0.25) is 9.59 Å². The van der Waals surface area contributed by atoms with Crippen LogP contribution in [-0.2, 0) is 15.1 Å². The van der Waals surface area contributed by atoms with E-state index in [9.17, 15) is 9.59 Å². The predicted octanol–water partition coefficient (Wildman–Crippen LogP) is 2.29. The van der Waals surface area contributed by atoms with Crippen LogP contribution in [0.1, 0.15) is 39.7 Å². The first-order valence-electron chi connectivity index (χ1n) is 7.48. The van der Waals surface area contributed by atoms with Gasteiger partial charge in [0.2, 0.25) is 11.8 Å². The third kappa shape index (κ3) is 3.43. The molecule has 1 N–H and O–H groups in total. The summed E-state index contributed by atoms with van der Waals surface area (Å²) in [6, 6.07) is 10.0. The lowest BCUT2D eigenvalue weighted by molar-refractivity contribution is -0.130. The van der Waals surface area contributed by atoms with Crippen molar-refractivity contribution < 1.29 is 9.59 Å². The molecule has 4 nitrogen and oxygen atoms in total. The molecule has 0 radical (unpaired) electrons. The van der Waals surface area contributed by atoms with Crippen LogP contribution in [0.3, 0.4) is 0 Å². The van der Waals surface area contributed by atoms with Gasteiger partial charge in [0.1, 0.15) is 0 Å². The van der Waals surface area contributed by atoms with E-state index in [1.54, 1.807) is 4.90 Å². The predicted molar refractivity (Wildman–Crippen MR) is 82.6 cm³/mol. The lowest BCUT2D eigenvalue weighted by atomic mass is 9.93. The van der Waals surface area contributed by atoms with Crippen LogP contribution in [0, 0.1) is 5.92 Å². The summed E-state index contributed by atoms with van der Waals surface area (Å²) in [5, 5.41) is 3.08. The molecule has 1 aromatic carbocycles.